The fourth-order valence-electron chi connectivity index (χ4n) is 2.73. The highest BCUT2D eigenvalue weighted by Gasteiger charge is 2.26. The molecule has 5 heteroatoms. The zero-order valence-electron chi connectivity index (χ0n) is 10.9. The predicted octanol–water partition coefficient (Wildman–Crippen LogP) is 1.44. The first-order chi connectivity index (χ1) is 8.74. The maximum atomic E-state index is 4.39. The van der Waals surface area contributed by atoms with Gasteiger partial charge in [-0.25, -0.2) is 4.98 Å². The molecule has 96 valence electrons. The fraction of sp³-hybridized carbons (Fsp3) is 0.538. The number of aromatic amines is 1. The van der Waals surface area contributed by atoms with Crippen LogP contribution in [0.3, 0.4) is 0 Å². The molecule has 0 spiro atoms. The first-order valence-corrected chi connectivity index (χ1v) is 6.42. The Balaban J connectivity index is 1.66. The van der Waals surface area contributed by atoms with Gasteiger partial charge in [0.25, 0.3) is 0 Å². The SMILES string of the molecule is Cc1cn[nH]c1[C@@H]1CCN(Cc2nccn2C)C1. The minimum absolute atomic E-state index is 0.591. The average Bonchev–Trinajstić information content (AvgIpc) is 3.03. The smallest absolute Gasteiger partial charge is 0.122 e. The summed E-state index contributed by atoms with van der Waals surface area (Å²) in [4.78, 5) is 6.85. The lowest BCUT2D eigenvalue weighted by Crippen LogP contribution is -2.21. The molecular weight excluding hydrogens is 226 g/mol. The zero-order chi connectivity index (χ0) is 12.5. The Hall–Kier alpha value is -1.62. The minimum Gasteiger partial charge on any atom is -0.337 e. The van der Waals surface area contributed by atoms with E-state index in [0.717, 1.165) is 25.5 Å². The van der Waals surface area contributed by atoms with Crippen LogP contribution >= 0.6 is 0 Å². The van der Waals surface area contributed by atoms with Gasteiger partial charge in [-0.05, 0) is 25.5 Å². The van der Waals surface area contributed by atoms with Crippen molar-refractivity contribution in [2.75, 3.05) is 13.1 Å². The second kappa shape index (κ2) is 4.57. The second-order valence-electron chi connectivity index (χ2n) is 5.14. The van der Waals surface area contributed by atoms with Gasteiger partial charge in [-0.3, -0.25) is 10.00 Å². The highest BCUT2D eigenvalue weighted by Crippen LogP contribution is 2.28. The zero-order valence-corrected chi connectivity index (χ0v) is 10.9. The number of hydrogen-bond donors (Lipinski definition) is 1. The topological polar surface area (TPSA) is 49.7 Å². The molecule has 0 bridgehead atoms. The molecule has 0 amide bonds. The molecule has 1 atom stereocenters. The summed E-state index contributed by atoms with van der Waals surface area (Å²) in [6, 6.07) is 0. The van der Waals surface area contributed by atoms with Gasteiger partial charge < -0.3 is 4.57 Å². The van der Waals surface area contributed by atoms with Crippen molar-refractivity contribution in [1.82, 2.24) is 24.6 Å². The van der Waals surface area contributed by atoms with E-state index in [-0.39, 0.29) is 0 Å². The molecule has 3 heterocycles. The number of rotatable bonds is 3. The lowest BCUT2D eigenvalue weighted by molar-refractivity contribution is 0.314. The molecule has 3 rings (SSSR count). The lowest BCUT2D eigenvalue weighted by Gasteiger charge is -2.15. The van der Waals surface area contributed by atoms with E-state index >= 15 is 0 Å². The highest BCUT2D eigenvalue weighted by atomic mass is 15.2. The van der Waals surface area contributed by atoms with Gasteiger partial charge in [0.05, 0.1) is 12.7 Å². The second-order valence-corrected chi connectivity index (χ2v) is 5.14. The van der Waals surface area contributed by atoms with Crippen LogP contribution in [0.2, 0.25) is 0 Å². The van der Waals surface area contributed by atoms with Gasteiger partial charge in [0.1, 0.15) is 5.82 Å². The molecular formula is C13H19N5. The molecule has 1 aliphatic rings. The fourth-order valence-corrected chi connectivity index (χ4v) is 2.73. The Morgan fingerprint density at radius 3 is 3.06 bits per heavy atom. The summed E-state index contributed by atoms with van der Waals surface area (Å²) in [5.41, 5.74) is 2.58. The van der Waals surface area contributed by atoms with Crippen molar-refractivity contribution in [3.63, 3.8) is 0 Å². The van der Waals surface area contributed by atoms with Crippen molar-refractivity contribution in [2.45, 2.75) is 25.8 Å². The van der Waals surface area contributed by atoms with Crippen LogP contribution in [0.1, 0.15) is 29.4 Å². The molecule has 2 aromatic heterocycles. The van der Waals surface area contributed by atoms with Crippen LogP contribution in [0.4, 0.5) is 0 Å². The Morgan fingerprint density at radius 2 is 2.39 bits per heavy atom. The van der Waals surface area contributed by atoms with Crippen molar-refractivity contribution in [2.24, 2.45) is 7.05 Å². The van der Waals surface area contributed by atoms with Gasteiger partial charge in [-0.15, -0.1) is 0 Å². The van der Waals surface area contributed by atoms with E-state index in [1.165, 1.54) is 17.7 Å². The van der Waals surface area contributed by atoms with E-state index in [1.807, 2.05) is 18.6 Å². The standard InChI is InChI=1S/C13H19N5/c1-10-7-15-16-13(10)11-3-5-18(8-11)9-12-14-4-6-17(12)2/h4,6-7,11H,3,5,8-9H2,1-2H3,(H,15,16)/t11-/m1/s1. The third kappa shape index (κ3) is 2.06. The average molecular weight is 245 g/mol. The van der Waals surface area contributed by atoms with Crippen molar-refractivity contribution in [3.05, 3.63) is 35.7 Å². The Bertz CT molecular complexity index is 527. The number of likely N-dealkylation sites (tertiary alicyclic amines) is 1. The van der Waals surface area contributed by atoms with Crippen molar-refractivity contribution < 1.29 is 0 Å². The monoisotopic (exact) mass is 245 g/mol. The lowest BCUT2D eigenvalue weighted by atomic mass is 10.0. The quantitative estimate of drug-likeness (QED) is 0.890. The van der Waals surface area contributed by atoms with Gasteiger partial charge >= 0.3 is 0 Å². The molecule has 5 nitrogen and oxygen atoms in total. The number of nitrogens with one attached hydrogen (secondary N) is 1. The third-order valence-corrected chi connectivity index (χ3v) is 3.83. The Labute approximate surface area is 107 Å². The molecule has 1 saturated heterocycles. The van der Waals surface area contributed by atoms with E-state index in [2.05, 4.69) is 38.6 Å². The maximum absolute atomic E-state index is 4.39. The van der Waals surface area contributed by atoms with Crippen LogP contribution in [0.15, 0.2) is 18.6 Å². The van der Waals surface area contributed by atoms with Crippen LogP contribution in [-0.4, -0.2) is 37.7 Å². The number of H-pyrrole nitrogens is 1. The van der Waals surface area contributed by atoms with Crippen LogP contribution in [0.5, 0.6) is 0 Å². The predicted molar refractivity (Wildman–Crippen MR) is 69.2 cm³/mol. The maximum Gasteiger partial charge on any atom is 0.122 e. The van der Waals surface area contributed by atoms with E-state index < -0.39 is 0 Å². The number of nitrogens with zero attached hydrogens (tertiary/aromatic N) is 4. The minimum atomic E-state index is 0.591. The highest BCUT2D eigenvalue weighted by molar-refractivity contribution is 5.20. The van der Waals surface area contributed by atoms with Gasteiger partial charge in [0, 0.05) is 37.6 Å². The van der Waals surface area contributed by atoms with E-state index in [1.54, 1.807) is 0 Å². The largest absolute Gasteiger partial charge is 0.337 e. The van der Waals surface area contributed by atoms with E-state index in [4.69, 9.17) is 0 Å². The van der Waals surface area contributed by atoms with Crippen molar-refractivity contribution >= 4 is 0 Å². The number of aromatic nitrogens is 4. The molecule has 18 heavy (non-hydrogen) atoms. The summed E-state index contributed by atoms with van der Waals surface area (Å²) < 4.78 is 2.09. The van der Waals surface area contributed by atoms with Crippen LogP contribution in [0.25, 0.3) is 0 Å². The molecule has 1 N–H and O–H groups in total. The molecule has 0 saturated carbocycles. The summed E-state index contributed by atoms with van der Waals surface area (Å²) in [6.45, 7) is 5.29. The van der Waals surface area contributed by atoms with Crippen LogP contribution in [0, 0.1) is 6.92 Å². The number of imidazole rings is 1. The Kier molecular flexibility index (Phi) is 2.91. The van der Waals surface area contributed by atoms with Gasteiger partial charge in [-0.1, -0.05) is 0 Å². The number of aryl methyl sites for hydroxylation is 2. The molecule has 2 aromatic rings. The molecule has 0 aliphatic carbocycles. The third-order valence-electron chi connectivity index (χ3n) is 3.83. The number of hydrogen-bond acceptors (Lipinski definition) is 3. The molecule has 1 fully saturated rings. The summed E-state index contributed by atoms with van der Waals surface area (Å²) in [6.07, 6.45) is 6.98. The molecule has 1 aliphatic heterocycles. The summed E-state index contributed by atoms with van der Waals surface area (Å²) >= 11 is 0. The first-order valence-electron chi connectivity index (χ1n) is 6.42. The molecule has 0 aromatic carbocycles. The first kappa shape index (κ1) is 11.5. The van der Waals surface area contributed by atoms with Crippen LogP contribution < -0.4 is 0 Å². The summed E-state index contributed by atoms with van der Waals surface area (Å²) in [7, 11) is 2.05. The summed E-state index contributed by atoms with van der Waals surface area (Å²) in [5.74, 6) is 1.73. The van der Waals surface area contributed by atoms with Crippen molar-refractivity contribution in [1.29, 1.82) is 0 Å². The molecule has 0 unspecified atom stereocenters. The van der Waals surface area contributed by atoms with Gasteiger partial charge in [0.15, 0.2) is 0 Å². The molecule has 0 radical (unpaired) electrons. The van der Waals surface area contributed by atoms with Gasteiger partial charge in [-0.2, -0.15) is 5.10 Å². The normalized spacial score (nSPS) is 20.7. The van der Waals surface area contributed by atoms with Crippen LogP contribution in [-0.2, 0) is 13.6 Å². The van der Waals surface area contributed by atoms with E-state index in [9.17, 15) is 0 Å². The summed E-state index contributed by atoms with van der Waals surface area (Å²) in [5, 5.41) is 7.26. The Morgan fingerprint density at radius 1 is 1.50 bits per heavy atom. The van der Waals surface area contributed by atoms with E-state index in [0.29, 0.717) is 5.92 Å². The van der Waals surface area contributed by atoms with Gasteiger partial charge in [0.2, 0.25) is 0 Å². The van der Waals surface area contributed by atoms with Crippen molar-refractivity contribution in [3.8, 4) is 0 Å².